The zero-order valence-corrected chi connectivity index (χ0v) is 12.5. The minimum Gasteiger partial charge on any atom is -0.274 e. The van der Waals surface area contributed by atoms with Crippen molar-refractivity contribution in [1.29, 1.82) is 0 Å². The maximum atomic E-state index is 11.7. The lowest BCUT2D eigenvalue weighted by Crippen LogP contribution is -2.17. The molecule has 0 atom stereocenters. The molecule has 2 aromatic rings. The van der Waals surface area contributed by atoms with Crippen LogP contribution in [0.4, 0.5) is 5.00 Å². The van der Waals surface area contributed by atoms with Crippen LogP contribution in [0.1, 0.15) is 5.56 Å². The Kier molecular flexibility index (Phi) is 3.75. The summed E-state index contributed by atoms with van der Waals surface area (Å²) < 4.78 is 27.1. The molecule has 0 saturated heterocycles. The van der Waals surface area contributed by atoms with E-state index in [0.717, 1.165) is 15.6 Å². The van der Waals surface area contributed by atoms with Crippen molar-refractivity contribution in [1.82, 2.24) is 0 Å². The van der Waals surface area contributed by atoms with Gasteiger partial charge in [-0.25, -0.2) is 8.42 Å². The number of sulfonamides is 1. The first-order valence-electron chi connectivity index (χ1n) is 5.08. The van der Waals surface area contributed by atoms with E-state index in [2.05, 4.69) is 20.7 Å². The number of thiophene rings is 1. The lowest BCUT2D eigenvalue weighted by atomic mass is 10.2. The predicted molar refractivity (Wildman–Crippen MR) is 77.8 cm³/mol. The molecule has 0 saturated carbocycles. The molecule has 1 N–H and O–H groups in total. The van der Waals surface area contributed by atoms with Crippen LogP contribution in [0.5, 0.6) is 0 Å². The standard InChI is InChI=1S/C11H12BrNO2S2/c1-8-9-4-2-3-5-10(9)16-11(8)13-17(14,15)7-6-12/h2-5,13H,6-7H2,1H3. The minimum absolute atomic E-state index is 0.0840. The first-order valence-corrected chi connectivity index (χ1v) is 8.67. The summed E-state index contributed by atoms with van der Waals surface area (Å²) in [6.07, 6.45) is 0. The monoisotopic (exact) mass is 333 g/mol. The summed E-state index contributed by atoms with van der Waals surface area (Å²) in [5, 5.41) is 2.26. The first kappa shape index (κ1) is 12.9. The Morgan fingerprint density at radius 1 is 1.35 bits per heavy atom. The third kappa shape index (κ3) is 2.81. The summed E-state index contributed by atoms with van der Waals surface area (Å²) in [7, 11) is -3.24. The van der Waals surface area contributed by atoms with Crippen LogP contribution in [-0.2, 0) is 10.0 Å². The zero-order chi connectivity index (χ0) is 12.5. The van der Waals surface area contributed by atoms with Gasteiger partial charge in [0.2, 0.25) is 10.0 Å². The van der Waals surface area contributed by atoms with E-state index in [-0.39, 0.29) is 5.75 Å². The van der Waals surface area contributed by atoms with Crippen molar-refractivity contribution in [2.24, 2.45) is 0 Å². The highest BCUT2D eigenvalue weighted by molar-refractivity contribution is 9.09. The Labute approximate surface area is 113 Å². The van der Waals surface area contributed by atoms with Crippen molar-refractivity contribution in [2.75, 3.05) is 15.8 Å². The van der Waals surface area contributed by atoms with Crippen LogP contribution >= 0.6 is 27.3 Å². The van der Waals surface area contributed by atoms with E-state index in [0.29, 0.717) is 10.3 Å². The third-order valence-electron chi connectivity index (χ3n) is 2.44. The molecule has 2 rings (SSSR count). The van der Waals surface area contributed by atoms with Crippen LogP contribution in [0.3, 0.4) is 0 Å². The molecule has 1 aromatic carbocycles. The highest BCUT2D eigenvalue weighted by Crippen LogP contribution is 2.35. The van der Waals surface area contributed by atoms with Crippen molar-refractivity contribution in [3.05, 3.63) is 29.8 Å². The van der Waals surface area contributed by atoms with Crippen LogP contribution in [0.2, 0.25) is 0 Å². The summed E-state index contributed by atoms with van der Waals surface area (Å²) in [4.78, 5) is 0. The second kappa shape index (κ2) is 4.96. The number of fused-ring (bicyclic) bond motifs is 1. The average Bonchev–Trinajstić information content (AvgIpc) is 2.56. The van der Waals surface area contributed by atoms with Gasteiger partial charge in [-0.2, -0.15) is 0 Å². The van der Waals surface area contributed by atoms with Gasteiger partial charge < -0.3 is 0 Å². The molecule has 0 aliphatic heterocycles. The van der Waals surface area contributed by atoms with Gasteiger partial charge in [0.25, 0.3) is 0 Å². The minimum atomic E-state index is -3.24. The highest BCUT2D eigenvalue weighted by Gasteiger charge is 2.14. The van der Waals surface area contributed by atoms with E-state index in [1.165, 1.54) is 11.3 Å². The normalized spacial score (nSPS) is 11.9. The van der Waals surface area contributed by atoms with Gasteiger partial charge in [0, 0.05) is 10.0 Å². The molecule has 0 aliphatic rings. The summed E-state index contributed by atoms with van der Waals surface area (Å²) in [6.45, 7) is 1.94. The van der Waals surface area contributed by atoms with Gasteiger partial charge in [-0.05, 0) is 23.9 Å². The maximum absolute atomic E-state index is 11.7. The zero-order valence-electron chi connectivity index (χ0n) is 9.23. The van der Waals surface area contributed by atoms with Crippen molar-refractivity contribution >= 4 is 52.4 Å². The van der Waals surface area contributed by atoms with E-state index in [4.69, 9.17) is 0 Å². The Hall–Kier alpha value is -0.590. The molecule has 92 valence electrons. The van der Waals surface area contributed by atoms with Gasteiger partial charge in [-0.1, -0.05) is 34.1 Å². The number of hydrogen-bond donors (Lipinski definition) is 1. The molecular weight excluding hydrogens is 322 g/mol. The number of aryl methyl sites for hydroxylation is 1. The topological polar surface area (TPSA) is 46.2 Å². The Balaban J connectivity index is 2.40. The number of benzene rings is 1. The van der Waals surface area contributed by atoms with Crippen LogP contribution in [0.25, 0.3) is 10.1 Å². The Morgan fingerprint density at radius 2 is 2.06 bits per heavy atom. The van der Waals surface area contributed by atoms with Gasteiger partial charge in [-0.3, -0.25) is 4.72 Å². The van der Waals surface area contributed by atoms with E-state index >= 15 is 0 Å². The van der Waals surface area contributed by atoms with Gasteiger partial charge >= 0.3 is 0 Å². The van der Waals surface area contributed by atoms with E-state index in [1.807, 2.05) is 31.2 Å². The molecule has 0 fully saturated rings. The Morgan fingerprint density at radius 3 is 2.71 bits per heavy atom. The summed E-state index contributed by atoms with van der Waals surface area (Å²) in [5.41, 5.74) is 0.990. The lowest BCUT2D eigenvalue weighted by molar-refractivity contribution is 0.603. The van der Waals surface area contributed by atoms with E-state index in [1.54, 1.807) is 0 Å². The number of halogens is 1. The van der Waals surface area contributed by atoms with Crippen LogP contribution < -0.4 is 4.72 Å². The summed E-state index contributed by atoms with van der Waals surface area (Å²) in [5.74, 6) is 0.0840. The second-order valence-electron chi connectivity index (χ2n) is 3.66. The molecule has 17 heavy (non-hydrogen) atoms. The molecule has 0 bridgehead atoms. The van der Waals surface area contributed by atoms with Crippen LogP contribution in [0.15, 0.2) is 24.3 Å². The number of rotatable bonds is 4. The molecule has 0 unspecified atom stereocenters. The van der Waals surface area contributed by atoms with E-state index in [9.17, 15) is 8.42 Å². The molecule has 1 heterocycles. The fourth-order valence-electron chi connectivity index (χ4n) is 1.57. The predicted octanol–water partition coefficient (Wildman–Crippen LogP) is 3.35. The SMILES string of the molecule is Cc1c(NS(=O)(=O)CCBr)sc2ccccc12. The largest absolute Gasteiger partial charge is 0.274 e. The van der Waals surface area contributed by atoms with Crippen molar-refractivity contribution in [3.8, 4) is 0 Å². The molecule has 6 heteroatoms. The maximum Gasteiger partial charge on any atom is 0.234 e. The number of alkyl halides is 1. The molecule has 0 aliphatic carbocycles. The average molecular weight is 334 g/mol. The highest BCUT2D eigenvalue weighted by atomic mass is 79.9. The molecule has 0 amide bonds. The molecule has 0 spiro atoms. The second-order valence-corrected chi connectivity index (χ2v) is 7.35. The third-order valence-corrected chi connectivity index (χ3v) is 5.93. The molecule has 0 radical (unpaired) electrons. The quantitative estimate of drug-likeness (QED) is 0.872. The van der Waals surface area contributed by atoms with Crippen molar-refractivity contribution in [3.63, 3.8) is 0 Å². The van der Waals surface area contributed by atoms with Gasteiger partial charge in [0.05, 0.1) is 5.75 Å². The van der Waals surface area contributed by atoms with Crippen LogP contribution in [-0.4, -0.2) is 19.5 Å². The first-order chi connectivity index (χ1) is 8.03. The lowest BCUT2D eigenvalue weighted by Gasteiger charge is -2.04. The molecule has 3 nitrogen and oxygen atoms in total. The molecule has 1 aromatic heterocycles. The van der Waals surface area contributed by atoms with Crippen LogP contribution in [0, 0.1) is 6.92 Å². The number of nitrogens with one attached hydrogen (secondary N) is 1. The van der Waals surface area contributed by atoms with E-state index < -0.39 is 10.0 Å². The van der Waals surface area contributed by atoms with Gasteiger partial charge in [0.1, 0.15) is 5.00 Å². The van der Waals surface area contributed by atoms with Crippen molar-refractivity contribution in [2.45, 2.75) is 6.92 Å². The Bertz CT molecular complexity index is 634. The fourth-order valence-corrected chi connectivity index (χ4v) is 5.09. The van der Waals surface area contributed by atoms with Gasteiger partial charge in [-0.15, -0.1) is 11.3 Å². The fraction of sp³-hybridized carbons (Fsp3) is 0.273. The summed E-state index contributed by atoms with van der Waals surface area (Å²) >= 11 is 4.61. The molecular formula is C11H12BrNO2S2. The number of hydrogen-bond acceptors (Lipinski definition) is 3. The summed E-state index contributed by atoms with van der Waals surface area (Å²) in [6, 6.07) is 7.91. The van der Waals surface area contributed by atoms with Crippen molar-refractivity contribution < 1.29 is 8.42 Å². The smallest absolute Gasteiger partial charge is 0.234 e. The van der Waals surface area contributed by atoms with Gasteiger partial charge in [0.15, 0.2) is 0 Å². The number of anilines is 1.